The molecular formula is C14H25NO3. The minimum Gasteiger partial charge on any atom is -0.393 e. The maximum atomic E-state index is 12.1. The Bertz CT molecular complexity index is 276. The number of amides is 1. The molecule has 0 spiro atoms. The van der Waals surface area contributed by atoms with Gasteiger partial charge in [0.15, 0.2) is 0 Å². The molecule has 0 aliphatic carbocycles. The van der Waals surface area contributed by atoms with Crippen LogP contribution >= 0.6 is 0 Å². The van der Waals surface area contributed by atoms with Gasteiger partial charge < -0.3 is 14.7 Å². The van der Waals surface area contributed by atoms with E-state index in [4.69, 9.17) is 4.74 Å². The molecule has 2 aliphatic heterocycles. The molecule has 0 aromatic heterocycles. The summed E-state index contributed by atoms with van der Waals surface area (Å²) in [6.45, 7) is 4.37. The Morgan fingerprint density at radius 3 is 2.94 bits per heavy atom. The molecule has 2 rings (SSSR count). The fourth-order valence-electron chi connectivity index (χ4n) is 2.96. The van der Waals surface area contributed by atoms with Crippen LogP contribution in [0.15, 0.2) is 0 Å². The Balaban J connectivity index is 1.74. The van der Waals surface area contributed by atoms with E-state index >= 15 is 0 Å². The van der Waals surface area contributed by atoms with Crippen molar-refractivity contribution in [3.8, 4) is 0 Å². The summed E-state index contributed by atoms with van der Waals surface area (Å²) < 4.78 is 5.54. The van der Waals surface area contributed by atoms with E-state index in [1.54, 1.807) is 0 Å². The summed E-state index contributed by atoms with van der Waals surface area (Å²) in [5.74, 6) is 0.487. The van der Waals surface area contributed by atoms with Crippen LogP contribution in [-0.2, 0) is 9.53 Å². The average Bonchev–Trinajstić information content (AvgIpc) is 2.89. The van der Waals surface area contributed by atoms with Crippen molar-refractivity contribution in [3.63, 3.8) is 0 Å². The van der Waals surface area contributed by atoms with E-state index < -0.39 is 0 Å². The van der Waals surface area contributed by atoms with Crippen molar-refractivity contribution in [1.82, 2.24) is 4.90 Å². The topological polar surface area (TPSA) is 49.8 Å². The van der Waals surface area contributed by atoms with E-state index in [0.29, 0.717) is 19.1 Å². The number of hydrogen-bond acceptors (Lipinski definition) is 3. The number of aliphatic hydroxyl groups excluding tert-OH is 1. The van der Waals surface area contributed by atoms with Gasteiger partial charge in [-0.1, -0.05) is 6.92 Å². The van der Waals surface area contributed by atoms with Crippen LogP contribution in [0.1, 0.15) is 45.4 Å². The Morgan fingerprint density at radius 1 is 1.44 bits per heavy atom. The van der Waals surface area contributed by atoms with Crippen molar-refractivity contribution < 1.29 is 14.6 Å². The van der Waals surface area contributed by atoms with Gasteiger partial charge >= 0.3 is 0 Å². The Morgan fingerprint density at radius 2 is 2.28 bits per heavy atom. The zero-order valence-electron chi connectivity index (χ0n) is 11.3. The first-order chi connectivity index (χ1) is 8.70. The van der Waals surface area contributed by atoms with E-state index in [2.05, 4.69) is 6.92 Å². The molecule has 1 N–H and O–H groups in total. The summed E-state index contributed by atoms with van der Waals surface area (Å²) in [6, 6.07) is 0. The molecule has 0 saturated carbocycles. The second kappa shape index (κ2) is 6.53. The molecule has 0 bridgehead atoms. The number of rotatable bonds is 4. The SMILES string of the molecule is CCC1CN(C(=O)CCC2CCCO2)CCC1O. The fourth-order valence-corrected chi connectivity index (χ4v) is 2.96. The summed E-state index contributed by atoms with van der Waals surface area (Å²) in [7, 11) is 0. The predicted molar refractivity (Wildman–Crippen MR) is 69.2 cm³/mol. The second-order valence-electron chi connectivity index (χ2n) is 5.54. The zero-order chi connectivity index (χ0) is 13.0. The molecule has 18 heavy (non-hydrogen) atoms. The number of carbonyl (C=O) groups is 1. The van der Waals surface area contributed by atoms with Gasteiger partial charge in [-0.15, -0.1) is 0 Å². The lowest BCUT2D eigenvalue weighted by atomic mass is 9.92. The average molecular weight is 255 g/mol. The minimum absolute atomic E-state index is 0.225. The van der Waals surface area contributed by atoms with Crippen LogP contribution < -0.4 is 0 Å². The van der Waals surface area contributed by atoms with Gasteiger partial charge in [0.25, 0.3) is 0 Å². The predicted octanol–water partition coefficient (Wildman–Crippen LogP) is 1.56. The van der Waals surface area contributed by atoms with Crippen LogP contribution in [0, 0.1) is 5.92 Å². The molecule has 2 fully saturated rings. The van der Waals surface area contributed by atoms with Crippen molar-refractivity contribution in [2.75, 3.05) is 19.7 Å². The first-order valence-corrected chi connectivity index (χ1v) is 7.28. The highest BCUT2D eigenvalue weighted by atomic mass is 16.5. The molecular weight excluding hydrogens is 230 g/mol. The van der Waals surface area contributed by atoms with E-state index in [-0.39, 0.29) is 17.9 Å². The van der Waals surface area contributed by atoms with Gasteiger partial charge in [-0.3, -0.25) is 4.79 Å². The van der Waals surface area contributed by atoms with Crippen LogP contribution in [0.4, 0.5) is 0 Å². The summed E-state index contributed by atoms with van der Waals surface area (Å²) in [5, 5.41) is 9.81. The molecule has 0 aromatic carbocycles. The van der Waals surface area contributed by atoms with Gasteiger partial charge in [0.1, 0.15) is 0 Å². The van der Waals surface area contributed by atoms with Crippen LogP contribution in [0.25, 0.3) is 0 Å². The maximum absolute atomic E-state index is 12.1. The smallest absolute Gasteiger partial charge is 0.222 e. The van der Waals surface area contributed by atoms with Crippen LogP contribution in [0.3, 0.4) is 0 Å². The molecule has 2 aliphatic rings. The van der Waals surface area contributed by atoms with E-state index in [9.17, 15) is 9.90 Å². The molecule has 1 amide bonds. The van der Waals surface area contributed by atoms with Gasteiger partial charge in [0, 0.05) is 32.0 Å². The molecule has 3 unspecified atom stereocenters. The molecule has 0 radical (unpaired) electrons. The standard InChI is InChI=1S/C14H25NO3/c1-2-11-10-15(8-7-13(11)16)14(17)6-5-12-4-3-9-18-12/h11-13,16H,2-10H2,1H3. The molecule has 4 nitrogen and oxygen atoms in total. The lowest BCUT2D eigenvalue weighted by molar-refractivity contribution is -0.135. The number of piperidine rings is 1. The van der Waals surface area contributed by atoms with Crippen molar-refractivity contribution in [2.24, 2.45) is 5.92 Å². The first-order valence-electron chi connectivity index (χ1n) is 7.28. The number of likely N-dealkylation sites (tertiary alicyclic amines) is 1. The highest BCUT2D eigenvalue weighted by molar-refractivity contribution is 5.76. The zero-order valence-corrected chi connectivity index (χ0v) is 11.3. The number of nitrogens with zero attached hydrogens (tertiary/aromatic N) is 1. The normalized spacial score (nSPS) is 32.8. The van der Waals surface area contributed by atoms with Gasteiger partial charge in [0.05, 0.1) is 12.2 Å². The van der Waals surface area contributed by atoms with E-state index in [1.807, 2.05) is 4.90 Å². The van der Waals surface area contributed by atoms with Crippen LogP contribution in [0.5, 0.6) is 0 Å². The molecule has 0 aromatic rings. The lowest BCUT2D eigenvalue weighted by Gasteiger charge is -2.36. The van der Waals surface area contributed by atoms with Crippen molar-refractivity contribution in [1.29, 1.82) is 0 Å². The number of ether oxygens (including phenoxy) is 1. The van der Waals surface area contributed by atoms with Crippen LogP contribution in [-0.4, -0.2) is 47.8 Å². The van der Waals surface area contributed by atoms with Gasteiger partial charge in [-0.2, -0.15) is 0 Å². The summed E-state index contributed by atoms with van der Waals surface area (Å²) in [6.07, 6.45) is 5.42. The third kappa shape index (κ3) is 3.45. The Hall–Kier alpha value is -0.610. The summed E-state index contributed by atoms with van der Waals surface area (Å²) in [4.78, 5) is 14.0. The fraction of sp³-hybridized carbons (Fsp3) is 0.929. The van der Waals surface area contributed by atoms with Gasteiger partial charge in [-0.05, 0) is 32.1 Å². The molecule has 4 heteroatoms. The Labute approximate surface area is 109 Å². The highest BCUT2D eigenvalue weighted by Crippen LogP contribution is 2.22. The second-order valence-corrected chi connectivity index (χ2v) is 5.54. The van der Waals surface area contributed by atoms with Gasteiger partial charge in [0.2, 0.25) is 5.91 Å². The largest absolute Gasteiger partial charge is 0.393 e. The third-order valence-corrected chi connectivity index (χ3v) is 4.28. The maximum Gasteiger partial charge on any atom is 0.222 e. The van der Waals surface area contributed by atoms with E-state index in [0.717, 1.165) is 45.3 Å². The molecule has 2 saturated heterocycles. The van der Waals surface area contributed by atoms with Crippen molar-refractivity contribution in [3.05, 3.63) is 0 Å². The van der Waals surface area contributed by atoms with Crippen LogP contribution in [0.2, 0.25) is 0 Å². The molecule has 104 valence electrons. The van der Waals surface area contributed by atoms with Gasteiger partial charge in [-0.25, -0.2) is 0 Å². The minimum atomic E-state index is -0.225. The monoisotopic (exact) mass is 255 g/mol. The number of aliphatic hydroxyl groups is 1. The molecule has 2 heterocycles. The number of carbonyl (C=O) groups excluding carboxylic acids is 1. The molecule has 3 atom stereocenters. The third-order valence-electron chi connectivity index (χ3n) is 4.28. The summed E-state index contributed by atoms with van der Waals surface area (Å²) in [5.41, 5.74) is 0. The van der Waals surface area contributed by atoms with Crippen molar-refractivity contribution in [2.45, 2.75) is 57.7 Å². The Kier molecular flexibility index (Phi) is 5.01. The quantitative estimate of drug-likeness (QED) is 0.829. The van der Waals surface area contributed by atoms with Crippen molar-refractivity contribution >= 4 is 5.91 Å². The summed E-state index contributed by atoms with van der Waals surface area (Å²) >= 11 is 0. The van der Waals surface area contributed by atoms with E-state index in [1.165, 1.54) is 0 Å². The highest BCUT2D eigenvalue weighted by Gasteiger charge is 2.29. The lowest BCUT2D eigenvalue weighted by Crippen LogP contribution is -2.45. The number of hydrogen-bond donors (Lipinski definition) is 1. The first kappa shape index (κ1) is 13.8.